The molecule has 1 unspecified atom stereocenters. The second-order valence-corrected chi connectivity index (χ2v) is 5.58. The van der Waals surface area contributed by atoms with E-state index >= 15 is 0 Å². The van der Waals surface area contributed by atoms with Gasteiger partial charge >= 0.3 is 0 Å². The van der Waals surface area contributed by atoms with Crippen molar-refractivity contribution < 1.29 is 13.7 Å². The van der Waals surface area contributed by atoms with Crippen LogP contribution in [0.4, 0.5) is 0 Å². The maximum Gasteiger partial charge on any atom is 0.238 e. The van der Waals surface area contributed by atoms with Gasteiger partial charge < -0.3 is 13.8 Å². The zero-order valence-electron chi connectivity index (χ0n) is 13.7. The molecule has 0 bridgehead atoms. The van der Waals surface area contributed by atoms with Crippen molar-refractivity contribution in [2.24, 2.45) is 0 Å². The molecule has 6 heteroatoms. The molecule has 0 saturated heterocycles. The normalized spacial score (nSPS) is 12.1. The number of benzene rings is 1. The molecule has 3 aromatic rings. The SMILES string of the molecule is CC(c1ccccc1)N(C)C(=O)CCc1nc(-c2ccco2)no1. The lowest BCUT2D eigenvalue weighted by Crippen LogP contribution is -2.29. The van der Waals surface area contributed by atoms with Crippen molar-refractivity contribution in [1.29, 1.82) is 0 Å². The van der Waals surface area contributed by atoms with Gasteiger partial charge in [-0.3, -0.25) is 4.79 Å². The van der Waals surface area contributed by atoms with E-state index < -0.39 is 0 Å². The summed E-state index contributed by atoms with van der Waals surface area (Å²) < 4.78 is 10.4. The summed E-state index contributed by atoms with van der Waals surface area (Å²) in [6, 6.07) is 13.5. The summed E-state index contributed by atoms with van der Waals surface area (Å²) >= 11 is 0. The van der Waals surface area contributed by atoms with Gasteiger partial charge in [0.25, 0.3) is 0 Å². The lowest BCUT2D eigenvalue weighted by Gasteiger charge is -2.25. The van der Waals surface area contributed by atoms with E-state index in [1.165, 1.54) is 0 Å². The van der Waals surface area contributed by atoms with Crippen LogP contribution in [0.2, 0.25) is 0 Å². The van der Waals surface area contributed by atoms with E-state index in [-0.39, 0.29) is 11.9 Å². The average molecular weight is 325 g/mol. The van der Waals surface area contributed by atoms with Crippen molar-refractivity contribution in [1.82, 2.24) is 15.0 Å². The predicted octanol–water partition coefficient (Wildman–Crippen LogP) is 3.48. The van der Waals surface area contributed by atoms with Gasteiger partial charge in [0.05, 0.1) is 12.3 Å². The van der Waals surface area contributed by atoms with Gasteiger partial charge in [-0.05, 0) is 24.6 Å². The van der Waals surface area contributed by atoms with Gasteiger partial charge in [-0.15, -0.1) is 0 Å². The molecule has 0 aliphatic heterocycles. The fourth-order valence-corrected chi connectivity index (χ4v) is 2.42. The number of nitrogens with zero attached hydrogens (tertiary/aromatic N) is 3. The molecule has 2 aromatic heterocycles. The Morgan fingerprint density at radius 2 is 2.00 bits per heavy atom. The highest BCUT2D eigenvalue weighted by Crippen LogP contribution is 2.20. The van der Waals surface area contributed by atoms with Crippen molar-refractivity contribution in [3.05, 3.63) is 60.2 Å². The van der Waals surface area contributed by atoms with Gasteiger partial charge in [0.2, 0.25) is 17.6 Å². The number of hydrogen-bond donors (Lipinski definition) is 0. The van der Waals surface area contributed by atoms with Crippen molar-refractivity contribution >= 4 is 5.91 Å². The van der Waals surface area contributed by atoms with Gasteiger partial charge in [0.1, 0.15) is 0 Å². The summed E-state index contributed by atoms with van der Waals surface area (Å²) in [5, 5.41) is 3.86. The molecule has 2 heterocycles. The third-order valence-corrected chi connectivity index (χ3v) is 4.02. The summed E-state index contributed by atoms with van der Waals surface area (Å²) in [6.45, 7) is 2.01. The minimum Gasteiger partial charge on any atom is -0.461 e. The predicted molar refractivity (Wildman–Crippen MR) is 87.9 cm³/mol. The first kappa shape index (κ1) is 16.0. The lowest BCUT2D eigenvalue weighted by molar-refractivity contribution is -0.131. The third-order valence-electron chi connectivity index (χ3n) is 4.02. The second-order valence-electron chi connectivity index (χ2n) is 5.58. The van der Waals surface area contributed by atoms with Crippen LogP contribution in [0, 0.1) is 0 Å². The van der Waals surface area contributed by atoms with Crippen LogP contribution in [-0.2, 0) is 11.2 Å². The van der Waals surface area contributed by atoms with E-state index in [9.17, 15) is 4.79 Å². The maximum atomic E-state index is 12.4. The van der Waals surface area contributed by atoms with Crippen LogP contribution in [0.3, 0.4) is 0 Å². The molecule has 1 aromatic carbocycles. The molecule has 0 N–H and O–H groups in total. The largest absolute Gasteiger partial charge is 0.461 e. The Morgan fingerprint density at radius 1 is 1.21 bits per heavy atom. The Kier molecular flexibility index (Phi) is 4.74. The molecule has 3 rings (SSSR count). The first-order valence-electron chi connectivity index (χ1n) is 7.82. The number of amides is 1. The molecule has 0 saturated carbocycles. The van der Waals surface area contributed by atoms with Gasteiger partial charge in [0.15, 0.2) is 5.76 Å². The standard InChI is InChI=1S/C18H19N3O3/c1-13(14-7-4-3-5-8-14)21(2)17(22)11-10-16-19-18(20-24-16)15-9-6-12-23-15/h3-9,12-13H,10-11H2,1-2H3. The fourth-order valence-electron chi connectivity index (χ4n) is 2.42. The van der Waals surface area contributed by atoms with Crippen LogP contribution in [0.15, 0.2) is 57.7 Å². The topological polar surface area (TPSA) is 72.4 Å². The number of aryl methyl sites for hydroxylation is 1. The number of rotatable bonds is 6. The average Bonchev–Trinajstić information content (AvgIpc) is 3.30. The highest BCUT2D eigenvalue weighted by molar-refractivity contribution is 5.76. The Balaban J connectivity index is 1.57. The summed E-state index contributed by atoms with van der Waals surface area (Å²) in [6.07, 6.45) is 2.26. The molecule has 0 aliphatic rings. The number of carbonyl (C=O) groups excluding carboxylic acids is 1. The summed E-state index contributed by atoms with van der Waals surface area (Å²) in [5.74, 6) is 1.40. The molecule has 24 heavy (non-hydrogen) atoms. The van der Waals surface area contributed by atoms with E-state index in [0.717, 1.165) is 5.56 Å². The zero-order chi connectivity index (χ0) is 16.9. The number of furan rings is 1. The first-order valence-corrected chi connectivity index (χ1v) is 7.82. The molecule has 0 aliphatic carbocycles. The summed E-state index contributed by atoms with van der Waals surface area (Å²) in [5.41, 5.74) is 1.10. The smallest absolute Gasteiger partial charge is 0.238 e. The Hall–Kier alpha value is -2.89. The van der Waals surface area contributed by atoms with E-state index in [1.54, 1.807) is 23.3 Å². The van der Waals surface area contributed by atoms with Gasteiger partial charge in [-0.1, -0.05) is 35.5 Å². The quantitative estimate of drug-likeness (QED) is 0.694. The van der Waals surface area contributed by atoms with Crippen LogP contribution in [-0.4, -0.2) is 28.0 Å². The van der Waals surface area contributed by atoms with Crippen molar-refractivity contribution in [3.63, 3.8) is 0 Å². The molecular formula is C18H19N3O3. The van der Waals surface area contributed by atoms with Gasteiger partial charge in [0, 0.05) is 19.9 Å². The molecule has 1 atom stereocenters. The number of hydrogen-bond acceptors (Lipinski definition) is 5. The molecule has 6 nitrogen and oxygen atoms in total. The molecule has 1 amide bonds. The van der Waals surface area contributed by atoms with Crippen molar-refractivity contribution in [3.8, 4) is 11.6 Å². The van der Waals surface area contributed by atoms with E-state index in [4.69, 9.17) is 8.94 Å². The second kappa shape index (κ2) is 7.12. The minimum absolute atomic E-state index is 0.0139. The number of carbonyl (C=O) groups is 1. The van der Waals surface area contributed by atoms with E-state index in [1.807, 2.05) is 44.3 Å². The third kappa shape index (κ3) is 3.53. The van der Waals surface area contributed by atoms with Crippen LogP contribution in [0.5, 0.6) is 0 Å². The molecule has 124 valence electrons. The van der Waals surface area contributed by atoms with Crippen LogP contribution >= 0.6 is 0 Å². The van der Waals surface area contributed by atoms with Crippen molar-refractivity contribution in [2.75, 3.05) is 7.05 Å². The van der Waals surface area contributed by atoms with E-state index in [2.05, 4.69) is 10.1 Å². The Morgan fingerprint density at radius 3 is 2.71 bits per heavy atom. The maximum absolute atomic E-state index is 12.4. The lowest BCUT2D eigenvalue weighted by atomic mass is 10.1. The molecule has 0 fully saturated rings. The Labute approximate surface area is 140 Å². The minimum atomic E-state index is 0.0139. The first-order chi connectivity index (χ1) is 11.6. The highest BCUT2D eigenvalue weighted by Gasteiger charge is 2.18. The summed E-state index contributed by atoms with van der Waals surface area (Å²) in [4.78, 5) is 18.4. The fraction of sp³-hybridized carbons (Fsp3) is 0.278. The zero-order valence-corrected chi connectivity index (χ0v) is 13.7. The molecule has 0 radical (unpaired) electrons. The van der Waals surface area contributed by atoms with Crippen LogP contribution < -0.4 is 0 Å². The van der Waals surface area contributed by atoms with E-state index in [0.29, 0.717) is 30.3 Å². The molecular weight excluding hydrogens is 306 g/mol. The molecule has 0 spiro atoms. The van der Waals surface area contributed by atoms with Gasteiger partial charge in [-0.2, -0.15) is 4.98 Å². The van der Waals surface area contributed by atoms with Crippen LogP contribution in [0.1, 0.15) is 30.8 Å². The monoisotopic (exact) mass is 325 g/mol. The highest BCUT2D eigenvalue weighted by atomic mass is 16.5. The number of aromatic nitrogens is 2. The van der Waals surface area contributed by atoms with Crippen molar-refractivity contribution in [2.45, 2.75) is 25.8 Å². The Bertz CT molecular complexity index is 781. The van der Waals surface area contributed by atoms with Crippen LogP contribution in [0.25, 0.3) is 11.6 Å². The summed E-state index contributed by atoms with van der Waals surface area (Å²) in [7, 11) is 1.81. The van der Waals surface area contributed by atoms with Gasteiger partial charge in [-0.25, -0.2) is 0 Å².